The fraction of sp³-hybridized carbons (Fsp3) is 0.909. The first-order valence-electron chi connectivity index (χ1n) is 5.67. The van der Waals surface area contributed by atoms with E-state index in [1.165, 1.54) is 7.11 Å². The molecule has 0 radical (unpaired) electrons. The molecule has 1 fully saturated rings. The lowest BCUT2D eigenvalue weighted by molar-refractivity contribution is -0.140. The lowest BCUT2D eigenvalue weighted by atomic mass is 9.94. The number of ether oxygens (including phenoxy) is 2. The summed E-state index contributed by atoms with van der Waals surface area (Å²) in [4.78, 5) is 12.8. The standard InChI is InChI=1S/C11H20BrNO4/c1-13(7-9(12)10(14)16-2)8-11(15)3-5-17-6-4-11/h9,15H,3-8H2,1-2H3. The van der Waals surface area contributed by atoms with Gasteiger partial charge < -0.3 is 19.5 Å². The topological polar surface area (TPSA) is 59.0 Å². The molecule has 0 aliphatic carbocycles. The average Bonchev–Trinajstić information content (AvgIpc) is 2.27. The zero-order chi connectivity index (χ0) is 12.9. The van der Waals surface area contributed by atoms with Crippen molar-refractivity contribution in [2.45, 2.75) is 23.3 Å². The molecule has 1 rings (SSSR count). The van der Waals surface area contributed by atoms with Gasteiger partial charge >= 0.3 is 5.97 Å². The van der Waals surface area contributed by atoms with Gasteiger partial charge in [0.25, 0.3) is 0 Å². The number of likely N-dealkylation sites (N-methyl/N-ethyl adjacent to an activating group) is 1. The van der Waals surface area contributed by atoms with E-state index in [1.54, 1.807) is 0 Å². The summed E-state index contributed by atoms with van der Waals surface area (Å²) in [5, 5.41) is 10.3. The molecule has 0 aromatic carbocycles. The van der Waals surface area contributed by atoms with Crippen molar-refractivity contribution < 1.29 is 19.4 Å². The summed E-state index contributed by atoms with van der Waals surface area (Å²) in [7, 11) is 3.24. The van der Waals surface area contributed by atoms with Gasteiger partial charge in [0.1, 0.15) is 4.83 Å². The molecule has 0 saturated carbocycles. The molecule has 0 amide bonds. The van der Waals surface area contributed by atoms with Crippen LogP contribution < -0.4 is 0 Å². The highest BCUT2D eigenvalue weighted by atomic mass is 79.9. The van der Waals surface area contributed by atoms with Gasteiger partial charge in [-0.2, -0.15) is 0 Å². The maximum absolute atomic E-state index is 11.2. The SMILES string of the molecule is COC(=O)C(Br)CN(C)CC1(O)CCOCC1. The summed E-state index contributed by atoms with van der Waals surface area (Å²) in [5.41, 5.74) is -0.699. The molecule has 1 atom stereocenters. The number of halogens is 1. The largest absolute Gasteiger partial charge is 0.468 e. The van der Waals surface area contributed by atoms with Gasteiger partial charge in [-0.25, -0.2) is 0 Å². The van der Waals surface area contributed by atoms with Gasteiger partial charge in [0.15, 0.2) is 0 Å². The van der Waals surface area contributed by atoms with Crippen molar-refractivity contribution in [3.05, 3.63) is 0 Å². The fourth-order valence-electron chi connectivity index (χ4n) is 1.95. The number of methoxy groups -OCH3 is 1. The van der Waals surface area contributed by atoms with E-state index in [2.05, 4.69) is 20.7 Å². The highest BCUT2D eigenvalue weighted by Crippen LogP contribution is 2.21. The van der Waals surface area contributed by atoms with Gasteiger partial charge in [0.05, 0.1) is 12.7 Å². The summed E-state index contributed by atoms with van der Waals surface area (Å²) < 4.78 is 9.85. The summed E-state index contributed by atoms with van der Waals surface area (Å²) in [6, 6.07) is 0. The maximum atomic E-state index is 11.2. The Morgan fingerprint density at radius 3 is 2.71 bits per heavy atom. The van der Waals surface area contributed by atoms with Crippen molar-refractivity contribution in [2.75, 3.05) is 40.5 Å². The monoisotopic (exact) mass is 309 g/mol. The molecule has 1 N–H and O–H groups in total. The lowest BCUT2D eigenvalue weighted by Gasteiger charge is -2.35. The second kappa shape index (κ2) is 6.68. The predicted octanol–water partition coefficient (Wildman–Crippen LogP) is 0.396. The molecule has 1 saturated heterocycles. The third-order valence-electron chi connectivity index (χ3n) is 2.92. The Kier molecular flexibility index (Phi) is 5.85. The predicted molar refractivity (Wildman–Crippen MR) is 67.2 cm³/mol. The van der Waals surface area contributed by atoms with Crippen LogP contribution in [0.2, 0.25) is 0 Å². The number of nitrogens with zero attached hydrogens (tertiary/aromatic N) is 1. The van der Waals surface area contributed by atoms with Crippen LogP contribution in [-0.4, -0.2) is 66.9 Å². The molecule has 0 aromatic rings. The zero-order valence-corrected chi connectivity index (χ0v) is 11.9. The second-order valence-corrected chi connectivity index (χ2v) is 5.63. The van der Waals surface area contributed by atoms with E-state index in [9.17, 15) is 9.90 Å². The number of hydrogen-bond acceptors (Lipinski definition) is 5. The average molecular weight is 310 g/mol. The van der Waals surface area contributed by atoms with Gasteiger partial charge in [0, 0.05) is 39.1 Å². The van der Waals surface area contributed by atoms with Crippen LogP contribution in [0.4, 0.5) is 0 Å². The highest BCUT2D eigenvalue weighted by Gasteiger charge is 2.31. The van der Waals surface area contributed by atoms with Crippen LogP contribution >= 0.6 is 15.9 Å². The van der Waals surface area contributed by atoms with Gasteiger partial charge in [-0.1, -0.05) is 15.9 Å². The summed E-state index contributed by atoms with van der Waals surface area (Å²) in [6.07, 6.45) is 1.28. The molecule has 0 bridgehead atoms. The molecule has 1 unspecified atom stereocenters. The van der Waals surface area contributed by atoms with Crippen LogP contribution in [0.1, 0.15) is 12.8 Å². The van der Waals surface area contributed by atoms with Crippen molar-refractivity contribution in [1.29, 1.82) is 0 Å². The Balaban J connectivity index is 2.37. The number of carbonyl (C=O) groups is 1. The first-order valence-corrected chi connectivity index (χ1v) is 6.59. The minimum atomic E-state index is -0.699. The van der Waals surface area contributed by atoms with E-state index >= 15 is 0 Å². The van der Waals surface area contributed by atoms with E-state index in [-0.39, 0.29) is 10.8 Å². The minimum absolute atomic E-state index is 0.296. The lowest BCUT2D eigenvalue weighted by Crippen LogP contribution is -2.47. The molecular weight excluding hydrogens is 290 g/mol. The summed E-state index contributed by atoms with van der Waals surface area (Å²) in [5.74, 6) is -0.296. The zero-order valence-electron chi connectivity index (χ0n) is 10.3. The molecule has 17 heavy (non-hydrogen) atoms. The van der Waals surface area contributed by atoms with Crippen molar-refractivity contribution in [3.8, 4) is 0 Å². The quantitative estimate of drug-likeness (QED) is 0.588. The van der Waals surface area contributed by atoms with E-state index in [1.807, 2.05) is 11.9 Å². The van der Waals surface area contributed by atoms with Gasteiger partial charge in [-0.15, -0.1) is 0 Å². The van der Waals surface area contributed by atoms with E-state index in [4.69, 9.17) is 4.74 Å². The van der Waals surface area contributed by atoms with Crippen molar-refractivity contribution in [3.63, 3.8) is 0 Å². The summed E-state index contributed by atoms with van der Waals surface area (Å²) in [6.45, 7) is 2.24. The molecule has 1 heterocycles. The van der Waals surface area contributed by atoms with E-state index in [0.29, 0.717) is 39.1 Å². The molecule has 1 aliphatic rings. The van der Waals surface area contributed by atoms with Gasteiger partial charge in [-0.3, -0.25) is 4.79 Å². The van der Waals surface area contributed by atoms with Crippen molar-refractivity contribution in [1.82, 2.24) is 4.90 Å². The van der Waals surface area contributed by atoms with Crippen LogP contribution in [0.25, 0.3) is 0 Å². The Morgan fingerprint density at radius 1 is 1.59 bits per heavy atom. The second-order valence-electron chi connectivity index (χ2n) is 4.52. The smallest absolute Gasteiger partial charge is 0.320 e. The van der Waals surface area contributed by atoms with Crippen LogP contribution in [0.3, 0.4) is 0 Å². The number of esters is 1. The normalized spacial score (nSPS) is 21.2. The summed E-state index contributed by atoms with van der Waals surface area (Å²) >= 11 is 3.26. The van der Waals surface area contributed by atoms with Gasteiger partial charge in [0.2, 0.25) is 0 Å². The fourth-order valence-corrected chi connectivity index (χ4v) is 2.63. The van der Waals surface area contributed by atoms with Crippen molar-refractivity contribution >= 4 is 21.9 Å². The van der Waals surface area contributed by atoms with Crippen LogP contribution in [0, 0.1) is 0 Å². The van der Waals surface area contributed by atoms with Crippen LogP contribution in [0.5, 0.6) is 0 Å². The van der Waals surface area contributed by atoms with E-state index < -0.39 is 5.60 Å². The Labute approximate surface area is 110 Å². The number of hydrogen-bond donors (Lipinski definition) is 1. The molecule has 5 nitrogen and oxygen atoms in total. The van der Waals surface area contributed by atoms with Gasteiger partial charge in [-0.05, 0) is 7.05 Å². The Bertz CT molecular complexity index is 256. The van der Waals surface area contributed by atoms with Crippen LogP contribution in [0.15, 0.2) is 0 Å². The first kappa shape index (κ1) is 14.9. The number of rotatable bonds is 5. The third-order valence-corrected chi connectivity index (χ3v) is 3.58. The number of carbonyl (C=O) groups excluding carboxylic acids is 1. The molecule has 0 aromatic heterocycles. The number of alkyl halides is 1. The van der Waals surface area contributed by atoms with E-state index in [0.717, 1.165) is 0 Å². The Hall–Kier alpha value is -0.170. The number of aliphatic hydroxyl groups is 1. The molecule has 1 aliphatic heterocycles. The maximum Gasteiger partial charge on any atom is 0.320 e. The molecule has 0 spiro atoms. The Morgan fingerprint density at radius 2 is 2.18 bits per heavy atom. The van der Waals surface area contributed by atoms with Crippen LogP contribution in [-0.2, 0) is 14.3 Å². The molecule has 6 heteroatoms. The highest BCUT2D eigenvalue weighted by molar-refractivity contribution is 9.10. The van der Waals surface area contributed by atoms with Crippen molar-refractivity contribution in [2.24, 2.45) is 0 Å². The molecular formula is C11H20BrNO4. The minimum Gasteiger partial charge on any atom is -0.468 e. The third kappa shape index (κ3) is 4.91. The molecule has 100 valence electrons. The first-order chi connectivity index (χ1) is 7.97.